The summed E-state index contributed by atoms with van der Waals surface area (Å²) in [5.41, 5.74) is 0. The zero-order valence-corrected chi connectivity index (χ0v) is 11.8. The number of carbonyl (C=O) groups is 1. The fraction of sp³-hybridized carbons (Fsp3) is 0.917. The first-order chi connectivity index (χ1) is 8.02. The maximum atomic E-state index is 11.8. The molecule has 0 radical (unpaired) electrons. The van der Waals surface area contributed by atoms with Crippen LogP contribution in [0.1, 0.15) is 40.0 Å². The fourth-order valence-corrected chi connectivity index (χ4v) is 3.16. The molecule has 1 heterocycles. The van der Waals surface area contributed by atoms with Crippen LogP contribution in [0.3, 0.4) is 0 Å². The van der Waals surface area contributed by atoms with Crippen LogP contribution in [0.15, 0.2) is 0 Å². The van der Waals surface area contributed by atoms with Gasteiger partial charge in [-0.3, -0.25) is 9.00 Å². The Labute approximate surface area is 106 Å². The highest BCUT2D eigenvalue weighted by Crippen LogP contribution is 2.09. The molecule has 1 aliphatic rings. The van der Waals surface area contributed by atoms with Gasteiger partial charge in [-0.05, 0) is 33.1 Å². The molecule has 17 heavy (non-hydrogen) atoms. The van der Waals surface area contributed by atoms with Crippen molar-refractivity contribution in [3.05, 3.63) is 0 Å². The van der Waals surface area contributed by atoms with Crippen LogP contribution in [0.2, 0.25) is 0 Å². The largest absolute Gasteiger partial charge is 0.352 e. The Morgan fingerprint density at radius 2 is 1.94 bits per heavy atom. The monoisotopic (exact) mass is 260 g/mol. The molecule has 1 aliphatic heterocycles. The molecule has 0 bridgehead atoms. The quantitative estimate of drug-likeness (QED) is 0.768. The van der Waals surface area contributed by atoms with Crippen LogP contribution in [-0.4, -0.2) is 39.7 Å². The molecule has 100 valence electrons. The molecule has 1 rings (SSSR count). The van der Waals surface area contributed by atoms with Gasteiger partial charge in [-0.25, -0.2) is 0 Å². The van der Waals surface area contributed by atoms with E-state index in [1.165, 1.54) is 0 Å². The number of nitrogens with one attached hydrogen (secondary N) is 2. The maximum absolute atomic E-state index is 11.8. The van der Waals surface area contributed by atoms with Gasteiger partial charge in [0.05, 0.1) is 6.04 Å². The molecular weight excluding hydrogens is 236 g/mol. The number of hydrogen-bond donors (Lipinski definition) is 2. The average Bonchev–Trinajstić information content (AvgIpc) is 2.31. The zero-order valence-electron chi connectivity index (χ0n) is 11.0. The van der Waals surface area contributed by atoms with E-state index < -0.39 is 10.8 Å². The van der Waals surface area contributed by atoms with Crippen molar-refractivity contribution in [1.29, 1.82) is 0 Å². The lowest BCUT2D eigenvalue weighted by Crippen LogP contribution is -2.50. The van der Waals surface area contributed by atoms with Crippen LogP contribution in [0.4, 0.5) is 0 Å². The topological polar surface area (TPSA) is 58.2 Å². The Hall–Kier alpha value is -0.420. The van der Waals surface area contributed by atoms with Crippen molar-refractivity contribution < 1.29 is 9.00 Å². The molecule has 1 saturated heterocycles. The van der Waals surface area contributed by atoms with Crippen molar-refractivity contribution in [1.82, 2.24) is 10.6 Å². The van der Waals surface area contributed by atoms with E-state index in [2.05, 4.69) is 17.6 Å². The van der Waals surface area contributed by atoms with Gasteiger partial charge in [0.1, 0.15) is 0 Å². The third-order valence-electron chi connectivity index (χ3n) is 3.27. The van der Waals surface area contributed by atoms with E-state index in [1.54, 1.807) is 0 Å². The normalized spacial score (nSPS) is 28.4. The molecule has 0 spiro atoms. The summed E-state index contributed by atoms with van der Waals surface area (Å²) in [6.07, 6.45) is 2.77. The van der Waals surface area contributed by atoms with Crippen LogP contribution in [0, 0.1) is 0 Å². The molecular formula is C12H24N2O2S. The van der Waals surface area contributed by atoms with Gasteiger partial charge in [0.2, 0.25) is 5.91 Å². The molecule has 0 aromatic heterocycles. The third kappa shape index (κ3) is 5.17. The van der Waals surface area contributed by atoms with Gasteiger partial charge in [-0.1, -0.05) is 6.92 Å². The summed E-state index contributed by atoms with van der Waals surface area (Å²) in [6.45, 7) is 5.96. The second kappa shape index (κ2) is 7.11. The summed E-state index contributed by atoms with van der Waals surface area (Å²) >= 11 is 0. The Morgan fingerprint density at radius 3 is 2.47 bits per heavy atom. The van der Waals surface area contributed by atoms with Gasteiger partial charge in [-0.2, -0.15) is 0 Å². The van der Waals surface area contributed by atoms with Crippen molar-refractivity contribution in [3.8, 4) is 0 Å². The molecule has 5 heteroatoms. The SMILES string of the molecule is CCC(C)NC(=O)C(C)NC1CCS(=O)CC1. The van der Waals surface area contributed by atoms with Gasteiger partial charge in [0, 0.05) is 34.4 Å². The summed E-state index contributed by atoms with van der Waals surface area (Å²) in [5.74, 6) is 1.58. The zero-order chi connectivity index (χ0) is 12.8. The number of rotatable bonds is 5. The molecule has 0 aliphatic carbocycles. The lowest BCUT2D eigenvalue weighted by atomic mass is 10.1. The minimum atomic E-state index is -0.638. The van der Waals surface area contributed by atoms with Crippen molar-refractivity contribution >= 4 is 16.7 Å². The van der Waals surface area contributed by atoms with Gasteiger partial charge in [-0.15, -0.1) is 0 Å². The first kappa shape index (κ1) is 14.6. The second-order valence-corrected chi connectivity index (χ2v) is 6.52. The Kier molecular flexibility index (Phi) is 6.12. The Balaban J connectivity index is 2.30. The van der Waals surface area contributed by atoms with Gasteiger partial charge >= 0.3 is 0 Å². The predicted molar refractivity (Wildman–Crippen MR) is 71.4 cm³/mol. The standard InChI is InChI=1S/C12H24N2O2S/c1-4-9(2)13-12(15)10(3)14-11-5-7-17(16)8-6-11/h9-11,14H,4-8H2,1-3H3,(H,13,15). The first-order valence-corrected chi connectivity index (χ1v) is 7.93. The van der Waals surface area contributed by atoms with Crippen LogP contribution in [0.25, 0.3) is 0 Å². The number of hydrogen-bond acceptors (Lipinski definition) is 3. The van der Waals surface area contributed by atoms with Crippen molar-refractivity contribution in [3.63, 3.8) is 0 Å². The molecule has 2 N–H and O–H groups in total. The fourth-order valence-electron chi connectivity index (χ4n) is 1.86. The molecule has 1 amide bonds. The molecule has 0 aromatic rings. The molecule has 0 saturated carbocycles. The average molecular weight is 260 g/mol. The molecule has 0 aromatic carbocycles. The smallest absolute Gasteiger partial charge is 0.237 e. The van der Waals surface area contributed by atoms with E-state index in [-0.39, 0.29) is 18.0 Å². The maximum Gasteiger partial charge on any atom is 0.237 e. The molecule has 2 atom stereocenters. The number of carbonyl (C=O) groups excluding carboxylic acids is 1. The van der Waals surface area contributed by atoms with Crippen molar-refractivity contribution in [2.45, 2.75) is 58.2 Å². The van der Waals surface area contributed by atoms with Crippen molar-refractivity contribution in [2.75, 3.05) is 11.5 Å². The highest BCUT2D eigenvalue weighted by atomic mass is 32.2. The summed E-state index contributed by atoms with van der Waals surface area (Å²) in [4.78, 5) is 11.8. The van der Waals surface area contributed by atoms with Crippen LogP contribution in [0.5, 0.6) is 0 Å². The van der Waals surface area contributed by atoms with E-state index in [9.17, 15) is 9.00 Å². The van der Waals surface area contributed by atoms with Gasteiger partial charge < -0.3 is 10.6 Å². The molecule has 2 unspecified atom stereocenters. The van der Waals surface area contributed by atoms with Crippen molar-refractivity contribution in [2.24, 2.45) is 0 Å². The minimum absolute atomic E-state index is 0.0612. The van der Waals surface area contributed by atoms with Crippen LogP contribution < -0.4 is 10.6 Å². The Bertz CT molecular complexity index is 274. The van der Waals surface area contributed by atoms with Crippen LogP contribution >= 0.6 is 0 Å². The predicted octanol–water partition coefficient (Wildman–Crippen LogP) is 0.790. The van der Waals surface area contributed by atoms with Gasteiger partial charge in [0.25, 0.3) is 0 Å². The first-order valence-electron chi connectivity index (χ1n) is 6.44. The number of amides is 1. The summed E-state index contributed by atoms with van der Waals surface area (Å²) in [6, 6.07) is 0.400. The third-order valence-corrected chi connectivity index (χ3v) is 4.65. The summed E-state index contributed by atoms with van der Waals surface area (Å²) < 4.78 is 11.2. The van der Waals surface area contributed by atoms with E-state index in [0.29, 0.717) is 6.04 Å². The summed E-state index contributed by atoms with van der Waals surface area (Å²) in [7, 11) is -0.638. The minimum Gasteiger partial charge on any atom is -0.352 e. The summed E-state index contributed by atoms with van der Waals surface area (Å²) in [5, 5.41) is 6.29. The van der Waals surface area contributed by atoms with E-state index in [4.69, 9.17) is 0 Å². The van der Waals surface area contributed by atoms with E-state index in [1.807, 2.05) is 13.8 Å². The lowest BCUT2D eigenvalue weighted by Gasteiger charge is -2.26. The van der Waals surface area contributed by atoms with E-state index >= 15 is 0 Å². The second-order valence-electron chi connectivity index (χ2n) is 4.83. The Morgan fingerprint density at radius 1 is 1.35 bits per heavy atom. The van der Waals surface area contributed by atoms with Gasteiger partial charge in [0.15, 0.2) is 0 Å². The van der Waals surface area contributed by atoms with E-state index in [0.717, 1.165) is 30.8 Å². The molecule has 4 nitrogen and oxygen atoms in total. The highest BCUT2D eigenvalue weighted by molar-refractivity contribution is 7.85. The lowest BCUT2D eigenvalue weighted by molar-refractivity contribution is -0.123. The highest BCUT2D eigenvalue weighted by Gasteiger charge is 2.22. The van der Waals surface area contributed by atoms with Crippen LogP contribution in [-0.2, 0) is 15.6 Å². The molecule has 1 fully saturated rings.